The molecule has 0 unspecified atom stereocenters. The number of halogens is 1. The first-order valence-electron chi connectivity index (χ1n) is 9.38. The molecule has 5 nitrogen and oxygen atoms in total. The number of carbonyl (C=O) groups excluding carboxylic acids is 1. The van der Waals surface area contributed by atoms with Crippen LogP contribution in [0.3, 0.4) is 0 Å². The Morgan fingerprint density at radius 1 is 1.18 bits per heavy atom. The highest BCUT2D eigenvalue weighted by Crippen LogP contribution is 2.28. The minimum atomic E-state index is -3.14. The lowest BCUT2D eigenvalue weighted by Gasteiger charge is -2.29. The molecule has 1 heterocycles. The molecule has 7 heteroatoms. The SMILES string of the molecule is CCCOc1ccccc1C(=O)N(Cc1ccccc1Cl)[C@@H]1CCS(=O)(=O)C1. The van der Waals surface area contributed by atoms with E-state index in [-0.39, 0.29) is 30.0 Å². The van der Waals surface area contributed by atoms with Crippen LogP contribution < -0.4 is 4.74 Å². The highest BCUT2D eigenvalue weighted by Gasteiger charge is 2.36. The molecule has 3 rings (SSSR count). The van der Waals surface area contributed by atoms with Gasteiger partial charge in [0.2, 0.25) is 0 Å². The molecule has 0 aromatic heterocycles. The van der Waals surface area contributed by atoms with E-state index in [4.69, 9.17) is 16.3 Å². The van der Waals surface area contributed by atoms with E-state index in [1.54, 1.807) is 29.2 Å². The fourth-order valence-corrected chi connectivity index (χ4v) is 5.26. The average molecular weight is 422 g/mol. The van der Waals surface area contributed by atoms with Gasteiger partial charge in [0.05, 0.1) is 23.7 Å². The summed E-state index contributed by atoms with van der Waals surface area (Å²) in [6.45, 7) is 2.75. The topological polar surface area (TPSA) is 63.7 Å². The molecule has 0 aliphatic carbocycles. The summed E-state index contributed by atoms with van der Waals surface area (Å²) in [6, 6.07) is 14.0. The Morgan fingerprint density at radius 3 is 2.57 bits per heavy atom. The van der Waals surface area contributed by atoms with Crippen LogP contribution >= 0.6 is 11.6 Å². The summed E-state index contributed by atoms with van der Waals surface area (Å²) >= 11 is 6.30. The molecule has 2 aromatic carbocycles. The molecule has 1 atom stereocenters. The van der Waals surface area contributed by atoms with Gasteiger partial charge in [0.1, 0.15) is 5.75 Å². The van der Waals surface area contributed by atoms with Crippen molar-refractivity contribution >= 4 is 27.3 Å². The van der Waals surface area contributed by atoms with Gasteiger partial charge in [0, 0.05) is 17.6 Å². The van der Waals surface area contributed by atoms with E-state index in [1.165, 1.54) is 0 Å². The molecular weight excluding hydrogens is 398 g/mol. The van der Waals surface area contributed by atoms with Crippen molar-refractivity contribution < 1.29 is 17.9 Å². The molecule has 1 aliphatic heterocycles. The molecule has 1 amide bonds. The zero-order valence-corrected chi connectivity index (χ0v) is 17.4. The van der Waals surface area contributed by atoms with Gasteiger partial charge in [-0.25, -0.2) is 8.42 Å². The average Bonchev–Trinajstić information content (AvgIpc) is 3.05. The van der Waals surface area contributed by atoms with Crippen molar-refractivity contribution in [3.05, 3.63) is 64.7 Å². The second-order valence-corrected chi connectivity index (χ2v) is 9.56. The number of para-hydroxylation sites is 1. The fraction of sp³-hybridized carbons (Fsp3) is 0.381. The smallest absolute Gasteiger partial charge is 0.258 e. The van der Waals surface area contributed by atoms with E-state index >= 15 is 0 Å². The Bertz CT molecular complexity index is 945. The number of ether oxygens (including phenoxy) is 1. The molecule has 150 valence electrons. The summed E-state index contributed by atoms with van der Waals surface area (Å²) in [5.41, 5.74) is 1.22. The summed E-state index contributed by atoms with van der Waals surface area (Å²) in [5.74, 6) is 0.340. The molecule has 0 spiro atoms. The Hall–Kier alpha value is -2.05. The van der Waals surface area contributed by atoms with Crippen molar-refractivity contribution in [3.63, 3.8) is 0 Å². The van der Waals surface area contributed by atoms with E-state index in [2.05, 4.69) is 0 Å². The largest absolute Gasteiger partial charge is 0.493 e. The third-order valence-electron chi connectivity index (χ3n) is 4.79. The van der Waals surface area contributed by atoms with Crippen LogP contribution in [0.15, 0.2) is 48.5 Å². The Balaban J connectivity index is 1.95. The molecule has 1 aliphatic rings. The summed E-state index contributed by atoms with van der Waals surface area (Å²) in [5, 5.41) is 0.552. The van der Waals surface area contributed by atoms with Gasteiger partial charge in [0.15, 0.2) is 9.84 Å². The Labute approximate surface area is 171 Å². The zero-order chi connectivity index (χ0) is 20.1. The minimum Gasteiger partial charge on any atom is -0.493 e. The van der Waals surface area contributed by atoms with Crippen LogP contribution in [0, 0.1) is 0 Å². The molecule has 1 saturated heterocycles. The van der Waals surface area contributed by atoms with Crippen molar-refractivity contribution in [2.24, 2.45) is 0 Å². The fourth-order valence-electron chi connectivity index (χ4n) is 3.33. The van der Waals surface area contributed by atoms with Crippen molar-refractivity contribution in [2.75, 3.05) is 18.1 Å². The van der Waals surface area contributed by atoms with Crippen molar-refractivity contribution in [3.8, 4) is 5.75 Å². The number of benzene rings is 2. The first-order chi connectivity index (χ1) is 13.4. The van der Waals surface area contributed by atoms with Crippen LogP contribution in [0.4, 0.5) is 0 Å². The molecule has 0 bridgehead atoms. The second kappa shape index (κ2) is 8.97. The molecule has 0 N–H and O–H groups in total. The van der Waals surface area contributed by atoms with E-state index < -0.39 is 9.84 Å². The van der Waals surface area contributed by atoms with Crippen LogP contribution in [0.1, 0.15) is 35.7 Å². The third kappa shape index (κ3) is 4.86. The first kappa shape index (κ1) is 20.7. The predicted octanol–water partition coefficient (Wildman–Crippen LogP) is 3.96. The Morgan fingerprint density at radius 2 is 1.89 bits per heavy atom. The van der Waals surface area contributed by atoms with Crippen molar-refractivity contribution in [1.29, 1.82) is 0 Å². The maximum atomic E-state index is 13.5. The van der Waals surface area contributed by atoms with E-state index in [9.17, 15) is 13.2 Å². The highest BCUT2D eigenvalue weighted by atomic mass is 35.5. The van der Waals surface area contributed by atoms with Crippen molar-refractivity contribution in [2.45, 2.75) is 32.4 Å². The van der Waals surface area contributed by atoms with Gasteiger partial charge in [0.25, 0.3) is 5.91 Å². The standard InChI is InChI=1S/C21H24ClNO4S/c1-2-12-27-20-10-6-4-8-18(20)21(24)23(17-11-13-28(25,26)15-17)14-16-7-3-5-9-19(16)22/h3-10,17H,2,11-15H2,1H3/t17-/m1/s1. The van der Waals surface area contributed by atoms with E-state index in [1.807, 2.05) is 31.2 Å². The highest BCUT2D eigenvalue weighted by molar-refractivity contribution is 7.91. The lowest BCUT2D eigenvalue weighted by molar-refractivity contribution is 0.0676. The van der Waals surface area contributed by atoms with Gasteiger partial charge in [-0.1, -0.05) is 48.9 Å². The number of hydrogen-bond donors (Lipinski definition) is 0. The second-order valence-electron chi connectivity index (χ2n) is 6.93. The van der Waals surface area contributed by atoms with Gasteiger partial charge < -0.3 is 9.64 Å². The lowest BCUT2D eigenvalue weighted by atomic mass is 10.1. The number of rotatable bonds is 7. The van der Waals surface area contributed by atoms with Crippen LogP contribution in [0.2, 0.25) is 5.02 Å². The first-order valence-corrected chi connectivity index (χ1v) is 11.6. The minimum absolute atomic E-state index is 0.0266. The monoisotopic (exact) mass is 421 g/mol. The maximum Gasteiger partial charge on any atom is 0.258 e. The van der Waals surface area contributed by atoms with Gasteiger partial charge in [-0.05, 0) is 36.6 Å². The van der Waals surface area contributed by atoms with Gasteiger partial charge in [-0.3, -0.25) is 4.79 Å². The number of carbonyl (C=O) groups is 1. The van der Waals surface area contributed by atoms with Gasteiger partial charge in [-0.2, -0.15) is 0 Å². The molecule has 28 heavy (non-hydrogen) atoms. The van der Waals surface area contributed by atoms with Gasteiger partial charge in [-0.15, -0.1) is 0 Å². The summed E-state index contributed by atoms with van der Waals surface area (Å²) < 4.78 is 29.8. The van der Waals surface area contributed by atoms with Crippen LogP contribution in [0.5, 0.6) is 5.75 Å². The van der Waals surface area contributed by atoms with Crippen LogP contribution in [-0.2, 0) is 16.4 Å². The quantitative estimate of drug-likeness (QED) is 0.678. The predicted molar refractivity (Wildman–Crippen MR) is 111 cm³/mol. The number of amides is 1. The van der Waals surface area contributed by atoms with Crippen LogP contribution in [0.25, 0.3) is 0 Å². The number of hydrogen-bond acceptors (Lipinski definition) is 4. The molecule has 1 fully saturated rings. The molecule has 2 aromatic rings. The lowest BCUT2D eigenvalue weighted by Crippen LogP contribution is -2.40. The zero-order valence-electron chi connectivity index (χ0n) is 15.8. The maximum absolute atomic E-state index is 13.5. The summed E-state index contributed by atoms with van der Waals surface area (Å²) in [4.78, 5) is 15.1. The van der Waals surface area contributed by atoms with E-state index in [0.717, 1.165) is 12.0 Å². The Kier molecular flexibility index (Phi) is 6.62. The summed E-state index contributed by atoms with van der Waals surface area (Å²) in [6.07, 6.45) is 1.25. The van der Waals surface area contributed by atoms with E-state index in [0.29, 0.717) is 29.4 Å². The molecule has 0 saturated carbocycles. The number of nitrogens with zero attached hydrogens (tertiary/aromatic N) is 1. The summed E-state index contributed by atoms with van der Waals surface area (Å²) in [7, 11) is -3.14. The molecular formula is C21H24ClNO4S. The van der Waals surface area contributed by atoms with Gasteiger partial charge >= 0.3 is 0 Å². The third-order valence-corrected chi connectivity index (χ3v) is 6.91. The number of sulfone groups is 1. The van der Waals surface area contributed by atoms with Crippen molar-refractivity contribution in [1.82, 2.24) is 4.90 Å². The molecule has 0 radical (unpaired) electrons. The van der Waals surface area contributed by atoms with Crippen LogP contribution in [-0.4, -0.2) is 43.4 Å². The normalized spacial score (nSPS) is 18.0.